The zero-order chi connectivity index (χ0) is 11.5. The van der Waals surface area contributed by atoms with E-state index in [2.05, 4.69) is 0 Å². The van der Waals surface area contributed by atoms with E-state index in [9.17, 15) is 13.2 Å². The molecule has 2 aliphatic heterocycles. The number of fused-ring (bicyclic) bond motifs is 2. The van der Waals surface area contributed by atoms with Gasteiger partial charge in [-0.1, -0.05) is 0 Å². The van der Waals surface area contributed by atoms with Gasteiger partial charge in [-0.2, -0.15) is 13.2 Å². The second kappa shape index (κ2) is 4.83. The fraction of sp³-hybridized carbons (Fsp3) is 0.889. The third-order valence-electron chi connectivity index (χ3n) is 2.86. The van der Waals surface area contributed by atoms with Gasteiger partial charge in [0, 0.05) is 12.3 Å². The number of halogens is 3. The summed E-state index contributed by atoms with van der Waals surface area (Å²) in [5, 5.41) is 8.78. The smallest absolute Gasteiger partial charge is 0.430 e. The Kier molecular flexibility index (Phi) is 3.96. The minimum Gasteiger partial charge on any atom is -0.542 e. The van der Waals surface area contributed by atoms with Gasteiger partial charge in [-0.3, -0.25) is 0 Å². The first kappa shape index (κ1) is 12.3. The predicted molar refractivity (Wildman–Crippen MR) is 44.0 cm³/mol. The Labute approximate surface area is 85.9 Å². The van der Waals surface area contributed by atoms with Gasteiger partial charge in [-0.05, 0) is 12.8 Å². The number of carbonyl (C=O) groups is 1. The van der Waals surface area contributed by atoms with Crippen LogP contribution in [0.2, 0.25) is 0 Å². The van der Waals surface area contributed by atoms with E-state index >= 15 is 0 Å². The van der Waals surface area contributed by atoms with Crippen molar-refractivity contribution in [3.8, 4) is 0 Å². The Balaban J connectivity index is 0.000000153. The number of hydrogen-bond donors (Lipinski definition) is 1. The zero-order valence-electron chi connectivity index (χ0n) is 8.27. The van der Waals surface area contributed by atoms with Crippen molar-refractivity contribution in [2.75, 3.05) is 19.6 Å². The number of piperidine rings is 1. The van der Waals surface area contributed by atoms with Crippen LogP contribution in [0.25, 0.3) is 0 Å². The fourth-order valence-electron chi connectivity index (χ4n) is 2.13. The number of carboxylic acid groups (broad SMARTS) is 1. The fourth-order valence-corrected chi connectivity index (χ4v) is 2.13. The van der Waals surface area contributed by atoms with Gasteiger partial charge >= 0.3 is 6.18 Å². The molecule has 88 valence electrons. The van der Waals surface area contributed by atoms with Crippen LogP contribution in [0.15, 0.2) is 0 Å². The summed E-state index contributed by atoms with van der Waals surface area (Å²) in [7, 11) is 0. The van der Waals surface area contributed by atoms with Gasteiger partial charge in [0.15, 0.2) is 0 Å². The second-order valence-electron chi connectivity index (χ2n) is 4.04. The molecule has 0 saturated carbocycles. The molecule has 6 heteroatoms. The number of hydrogen-bond acceptors (Lipinski definition) is 2. The molecule has 2 saturated heterocycles. The molecule has 2 atom stereocenters. The normalized spacial score (nSPS) is 29.3. The molecule has 2 heterocycles. The molecule has 0 aliphatic carbocycles. The maximum absolute atomic E-state index is 10.5. The Morgan fingerprint density at radius 1 is 1.27 bits per heavy atom. The summed E-state index contributed by atoms with van der Waals surface area (Å²) in [6.07, 6.45) is -0.640. The molecule has 0 aromatic heterocycles. The Morgan fingerprint density at radius 2 is 1.87 bits per heavy atom. The minimum absolute atomic E-state index is 1.12. The zero-order valence-corrected chi connectivity index (χ0v) is 8.27. The number of quaternary nitrogens is 1. The number of nitrogens with one attached hydrogen (secondary N) is 1. The van der Waals surface area contributed by atoms with Crippen LogP contribution in [0.3, 0.4) is 0 Å². The lowest BCUT2D eigenvalue weighted by Crippen LogP contribution is -3.10. The van der Waals surface area contributed by atoms with Crippen molar-refractivity contribution < 1.29 is 28.0 Å². The number of aliphatic carboxylic acids is 1. The third-order valence-corrected chi connectivity index (χ3v) is 2.86. The monoisotopic (exact) mass is 225 g/mol. The quantitative estimate of drug-likeness (QED) is 0.573. The minimum atomic E-state index is -5.19. The molecule has 0 aromatic carbocycles. The lowest BCUT2D eigenvalue weighted by molar-refractivity contribution is -0.892. The van der Waals surface area contributed by atoms with Crippen molar-refractivity contribution in [1.29, 1.82) is 0 Å². The van der Waals surface area contributed by atoms with Gasteiger partial charge in [0.2, 0.25) is 0 Å². The third kappa shape index (κ3) is 4.07. The Bertz CT molecular complexity index is 216. The summed E-state index contributed by atoms with van der Waals surface area (Å²) in [6.45, 7) is 4.45. The van der Waals surface area contributed by atoms with Crippen molar-refractivity contribution in [2.45, 2.75) is 25.4 Å². The molecule has 2 unspecified atom stereocenters. The summed E-state index contributed by atoms with van der Waals surface area (Å²) in [4.78, 5) is 10.7. The summed E-state index contributed by atoms with van der Waals surface area (Å²) in [5.74, 6) is -1.88. The number of carbonyl (C=O) groups excluding carboxylic acids is 1. The van der Waals surface area contributed by atoms with E-state index in [1.54, 1.807) is 0 Å². The number of carboxylic acids is 1. The largest absolute Gasteiger partial charge is 0.542 e. The van der Waals surface area contributed by atoms with Crippen LogP contribution in [0.5, 0.6) is 0 Å². The van der Waals surface area contributed by atoms with Crippen molar-refractivity contribution in [2.24, 2.45) is 5.92 Å². The lowest BCUT2D eigenvalue weighted by Gasteiger charge is -2.17. The van der Waals surface area contributed by atoms with E-state index in [1.807, 2.05) is 4.90 Å². The highest BCUT2D eigenvalue weighted by molar-refractivity contribution is 5.70. The highest BCUT2D eigenvalue weighted by atomic mass is 19.4. The van der Waals surface area contributed by atoms with Crippen molar-refractivity contribution >= 4 is 5.97 Å². The first-order valence-electron chi connectivity index (χ1n) is 5.01. The van der Waals surface area contributed by atoms with E-state index in [4.69, 9.17) is 9.90 Å². The van der Waals surface area contributed by atoms with Gasteiger partial charge in [0.25, 0.3) is 0 Å². The molecule has 0 amide bonds. The van der Waals surface area contributed by atoms with Crippen molar-refractivity contribution in [1.82, 2.24) is 0 Å². The molecule has 1 N–H and O–H groups in total. The van der Waals surface area contributed by atoms with E-state index < -0.39 is 12.1 Å². The number of rotatable bonds is 0. The first-order chi connectivity index (χ1) is 6.89. The van der Waals surface area contributed by atoms with Crippen LogP contribution >= 0.6 is 0 Å². The maximum Gasteiger partial charge on any atom is 0.430 e. The molecule has 2 rings (SSSR count). The second-order valence-corrected chi connectivity index (χ2v) is 4.04. The molecule has 15 heavy (non-hydrogen) atoms. The van der Waals surface area contributed by atoms with Crippen molar-refractivity contribution in [3.05, 3.63) is 0 Å². The molecule has 0 spiro atoms. The summed E-state index contributed by atoms with van der Waals surface area (Å²) in [6, 6.07) is 0. The standard InChI is InChI=1S/C7H13N.C2HF3O2/c1-2-7-3-5-8(4-1)6-7;3-2(4,5)1(6)7/h7H,1-6H2;(H,6,7). The van der Waals surface area contributed by atoms with Crippen LogP contribution in [-0.4, -0.2) is 31.8 Å². The molecule has 2 fully saturated rings. The molecule has 3 nitrogen and oxygen atoms in total. The van der Waals surface area contributed by atoms with Crippen LogP contribution < -0.4 is 10.0 Å². The van der Waals surface area contributed by atoms with E-state index in [0.717, 1.165) is 5.92 Å². The highest BCUT2D eigenvalue weighted by Gasteiger charge is 2.29. The van der Waals surface area contributed by atoms with E-state index in [0.29, 0.717) is 0 Å². The SMILES string of the molecule is C1CC2CC[NH+](C1)C2.O=C([O-])C(F)(F)F. The molecule has 0 radical (unpaired) electrons. The lowest BCUT2D eigenvalue weighted by atomic mass is 10.0. The van der Waals surface area contributed by atoms with E-state index in [-0.39, 0.29) is 0 Å². The first-order valence-corrected chi connectivity index (χ1v) is 5.01. The topological polar surface area (TPSA) is 44.6 Å². The van der Waals surface area contributed by atoms with Gasteiger partial charge < -0.3 is 14.8 Å². The predicted octanol–water partition coefficient (Wildman–Crippen LogP) is -1.02. The van der Waals surface area contributed by atoms with Gasteiger partial charge in [0.05, 0.1) is 19.6 Å². The van der Waals surface area contributed by atoms with Crippen LogP contribution in [-0.2, 0) is 4.79 Å². The summed E-state index contributed by atoms with van der Waals surface area (Å²) >= 11 is 0. The van der Waals surface area contributed by atoms with Gasteiger partial charge in [-0.15, -0.1) is 0 Å². The van der Waals surface area contributed by atoms with Crippen LogP contribution in [0, 0.1) is 5.92 Å². The Morgan fingerprint density at radius 3 is 2.27 bits per heavy atom. The maximum atomic E-state index is 10.5. The molecular weight excluding hydrogens is 211 g/mol. The average Bonchev–Trinajstić information content (AvgIpc) is 2.45. The Hall–Kier alpha value is -0.780. The highest BCUT2D eigenvalue weighted by Crippen LogP contribution is 2.14. The average molecular weight is 225 g/mol. The van der Waals surface area contributed by atoms with Gasteiger partial charge in [0.1, 0.15) is 5.97 Å². The summed E-state index contributed by atoms with van der Waals surface area (Å²) < 4.78 is 31.5. The van der Waals surface area contributed by atoms with Crippen LogP contribution in [0.1, 0.15) is 19.3 Å². The number of alkyl halides is 3. The van der Waals surface area contributed by atoms with Crippen LogP contribution in [0.4, 0.5) is 13.2 Å². The van der Waals surface area contributed by atoms with Gasteiger partial charge in [-0.25, -0.2) is 0 Å². The van der Waals surface area contributed by atoms with E-state index in [1.165, 1.54) is 38.9 Å². The summed E-state index contributed by atoms with van der Waals surface area (Å²) in [5.41, 5.74) is 0. The molecule has 2 bridgehead atoms. The van der Waals surface area contributed by atoms with Crippen molar-refractivity contribution in [3.63, 3.8) is 0 Å². The molecular formula is C9H14F3NO2. The molecule has 2 aliphatic rings. The molecule has 0 aromatic rings.